The third kappa shape index (κ3) is 1.59. The van der Waals surface area contributed by atoms with Gasteiger partial charge in [0.2, 0.25) is 0 Å². The summed E-state index contributed by atoms with van der Waals surface area (Å²) in [5, 5.41) is 9.89. The minimum atomic E-state index is 0.876. The molecule has 0 aliphatic carbocycles. The van der Waals surface area contributed by atoms with Crippen LogP contribution in [-0.4, -0.2) is 0 Å². The normalized spacial score (nSPS) is 11.8. The van der Waals surface area contributed by atoms with E-state index in [2.05, 4.69) is 66.7 Å². The van der Waals surface area contributed by atoms with Crippen molar-refractivity contribution in [3.63, 3.8) is 0 Å². The lowest BCUT2D eigenvalue weighted by molar-refractivity contribution is 1.79. The largest absolute Gasteiger partial charge is 0.391 e. The molecule has 104 valence electrons. The lowest BCUT2D eigenvalue weighted by Gasteiger charge is -2.07. The van der Waals surface area contributed by atoms with Gasteiger partial charge in [0.05, 0.1) is 5.00 Å². The molecule has 4 aromatic carbocycles. The summed E-state index contributed by atoms with van der Waals surface area (Å²) in [5.74, 6) is 0. The number of nitrogen functional groups attached to an aromatic ring is 1. The second-order valence-corrected chi connectivity index (χ2v) is 6.82. The molecule has 0 saturated carbocycles. The van der Waals surface area contributed by atoms with E-state index in [9.17, 15) is 0 Å². The molecule has 5 rings (SSSR count). The minimum Gasteiger partial charge on any atom is -0.391 e. The van der Waals surface area contributed by atoms with Crippen molar-refractivity contribution in [2.45, 2.75) is 0 Å². The third-order valence-corrected chi connectivity index (χ3v) is 5.33. The van der Waals surface area contributed by atoms with Crippen LogP contribution in [0.3, 0.4) is 0 Å². The van der Waals surface area contributed by atoms with E-state index in [0.29, 0.717) is 0 Å². The maximum absolute atomic E-state index is 5.99. The van der Waals surface area contributed by atoms with Crippen molar-refractivity contribution in [1.82, 2.24) is 0 Å². The molecule has 0 fully saturated rings. The Balaban J connectivity index is 2.01. The molecule has 0 radical (unpaired) electrons. The summed E-state index contributed by atoms with van der Waals surface area (Å²) < 4.78 is 1.25. The number of thiophene rings is 1. The zero-order chi connectivity index (χ0) is 14.7. The average Bonchev–Trinajstić information content (AvgIpc) is 2.93. The van der Waals surface area contributed by atoms with E-state index < -0.39 is 0 Å². The van der Waals surface area contributed by atoms with E-state index in [4.69, 9.17) is 5.73 Å². The Morgan fingerprint density at radius 2 is 1.32 bits per heavy atom. The van der Waals surface area contributed by atoms with Gasteiger partial charge in [-0.05, 0) is 56.6 Å². The summed E-state index contributed by atoms with van der Waals surface area (Å²) in [5.41, 5.74) is 5.99. The predicted molar refractivity (Wildman–Crippen MR) is 98.8 cm³/mol. The number of benzene rings is 4. The predicted octanol–water partition coefficient (Wildman–Crippen LogP) is 5.94. The quantitative estimate of drug-likeness (QED) is 0.278. The van der Waals surface area contributed by atoms with E-state index in [1.54, 1.807) is 11.3 Å². The van der Waals surface area contributed by atoms with Gasteiger partial charge in [0.15, 0.2) is 0 Å². The van der Waals surface area contributed by atoms with E-state index in [0.717, 1.165) is 5.00 Å². The zero-order valence-corrected chi connectivity index (χ0v) is 12.7. The van der Waals surface area contributed by atoms with Crippen LogP contribution in [0.15, 0.2) is 66.7 Å². The van der Waals surface area contributed by atoms with Gasteiger partial charge in [0.1, 0.15) is 0 Å². The van der Waals surface area contributed by atoms with Crippen LogP contribution < -0.4 is 5.73 Å². The van der Waals surface area contributed by atoms with Crippen molar-refractivity contribution in [2.24, 2.45) is 0 Å². The first-order chi connectivity index (χ1) is 10.8. The second kappa shape index (κ2) is 4.21. The van der Waals surface area contributed by atoms with Crippen molar-refractivity contribution < 1.29 is 0 Å². The first-order valence-electron chi connectivity index (χ1n) is 7.33. The maximum Gasteiger partial charge on any atom is 0.0869 e. The number of hydrogen-bond acceptors (Lipinski definition) is 2. The molecule has 0 aliphatic heterocycles. The van der Waals surface area contributed by atoms with E-state index in [1.165, 1.54) is 42.4 Å². The van der Waals surface area contributed by atoms with Crippen LogP contribution in [0.5, 0.6) is 0 Å². The molecule has 1 heterocycles. The number of rotatable bonds is 0. The van der Waals surface area contributed by atoms with Crippen molar-refractivity contribution in [1.29, 1.82) is 0 Å². The Kier molecular flexibility index (Phi) is 2.30. The molecule has 0 saturated heterocycles. The second-order valence-electron chi connectivity index (χ2n) is 5.71. The molecule has 0 bridgehead atoms. The summed E-state index contributed by atoms with van der Waals surface area (Å²) in [6.07, 6.45) is 0. The highest BCUT2D eigenvalue weighted by atomic mass is 32.1. The fourth-order valence-corrected chi connectivity index (χ4v) is 4.22. The fourth-order valence-electron chi connectivity index (χ4n) is 3.37. The Bertz CT molecular complexity index is 1180. The van der Waals surface area contributed by atoms with E-state index in [1.807, 2.05) is 0 Å². The summed E-state index contributed by atoms with van der Waals surface area (Å²) in [4.78, 5) is 0. The van der Waals surface area contributed by atoms with Gasteiger partial charge in [-0.25, -0.2) is 0 Å². The molecule has 0 atom stereocenters. The molecule has 0 aliphatic rings. The summed E-state index contributed by atoms with van der Waals surface area (Å²) in [6, 6.07) is 24.1. The van der Waals surface area contributed by atoms with Gasteiger partial charge in [0, 0.05) is 10.1 Å². The number of hydrogen-bond donors (Lipinski definition) is 1. The van der Waals surface area contributed by atoms with Crippen LogP contribution in [-0.2, 0) is 0 Å². The van der Waals surface area contributed by atoms with Crippen LogP contribution in [0.4, 0.5) is 5.00 Å². The molecule has 2 N–H and O–H groups in total. The maximum atomic E-state index is 5.99. The highest BCUT2D eigenvalue weighted by molar-refractivity contribution is 7.22. The van der Waals surface area contributed by atoms with Crippen LogP contribution in [0.1, 0.15) is 0 Å². The van der Waals surface area contributed by atoms with Crippen molar-refractivity contribution >= 4 is 58.7 Å². The molecule has 0 spiro atoms. The van der Waals surface area contributed by atoms with Crippen molar-refractivity contribution in [3.05, 3.63) is 66.7 Å². The van der Waals surface area contributed by atoms with Crippen LogP contribution in [0.25, 0.3) is 42.4 Å². The van der Waals surface area contributed by atoms with Gasteiger partial charge in [0.25, 0.3) is 0 Å². The van der Waals surface area contributed by atoms with Gasteiger partial charge < -0.3 is 5.73 Å². The van der Waals surface area contributed by atoms with Crippen molar-refractivity contribution in [2.75, 3.05) is 5.73 Å². The molecular formula is C20H13NS. The van der Waals surface area contributed by atoms with E-state index >= 15 is 0 Å². The Morgan fingerprint density at radius 1 is 0.591 bits per heavy atom. The molecule has 1 nitrogen and oxygen atoms in total. The van der Waals surface area contributed by atoms with Crippen LogP contribution in [0, 0.1) is 0 Å². The topological polar surface area (TPSA) is 26.0 Å². The van der Waals surface area contributed by atoms with Gasteiger partial charge >= 0.3 is 0 Å². The fraction of sp³-hybridized carbons (Fsp3) is 0. The SMILES string of the molecule is Nc1cc2c(ccc3c4cc5ccccc5cc4ccc23)s1. The average molecular weight is 299 g/mol. The van der Waals surface area contributed by atoms with Gasteiger partial charge in [-0.1, -0.05) is 42.5 Å². The number of nitrogens with two attached hydrogens (primary N) is 1. The third-order valence-electron chi connectivity index (χ3n) is 4.40. The van der Waals surface area contributed by atoms with Gasteiger partial charge in [-0.3, -0.25) is 0 Å². The molecular weight excluding hydrogens is 286 g/mol. The highest BCUT2D eigenvalue weighted by Gasteiger charge is 2.07. The minimum absolute atomic E-state index is 0.876. The van der Waals surface area contributed by atoms with E-state index in [-0.39, 0.29) is 0 Å². The summed E-state index contributed by atoms with van der Waals surface area (Å²) in [6.45, 7) is 0. The first-order valence-corrected chi connectivity index (χ1v) is 8.14. The Labute approximate surface area is 131 Å². The van der Waals surface area contributed by atoms with Gasteiger partial charge in [-0.2, -0.15) is 0 Å². The highest BCUT2D eigenvalue weighted by Crippen LogP contribution is 2.37. The molecule has 2 heteroatoms. The van der Waals surface area contributed by atoms with Gasteiger partial charge in [-0.15, -0.1) is 11.3 Å². The monoisotopic (exact) mass is 299 g/mol. The molecule has 22 heavy (non-hydrogen) atoms. The molecule has 0 amide bonds. The smallest absolute Gasteiger partial charge is 0.0869 e. The number of anilines is 1. The summed E-state index contributed by atoms with van der Waals surface area (Å²) >= 11 is 1.65. The number of fused-ring (bicyclic) bond motifs is 6. The zero-order valence-electron chi connectivity index (χ0n) is 11.8. The molecule has 5 aromatic rings. The lowest BCUT2D eigenvalue weighted by Crippen LogP contribution is -1.80. The van der Waals surface area contributed by atoms with Crippen molar-refractivity contribution in [3.8, 4) is 0 Å². The van der Waals surface area contributed by atoms with Crippen LogP contribution >= 0.6 is 11.3 Å². The standard InChI is InChI=1S/C20H13NS/c21-20-11-18-16-6-5-14-9-12-3-1-2-4-13(12)10-17(14)15(16)7-8-19(18)22-20/h1-11H,21H2. The first kappa shape index (κ1) is 12.0. The molecule has 0 unspecified atom stereocenters. The molecule has 1 aromatic heterocycles. The Morgan fingerprint density at radius 3 is 2.18 bits per heavy atom. The summed E-state index contributed by atoms with van der Waals surface area (Å²) in [7, 11) is 0. The Hall–Kier alpha value is -2.58. The lowest BCUT2D eigenvalue weighted by atomic mass is 9.97. The van der Waals surface area contributed by atoms with Crippen LogP contribution in [0.2, 0.25) is 0 Å².